The van der Waals surface area contributed by atoms with Gasteiger partial charge in [-0.05, 0) is 25.5 Å². The summed E-state index contributed by atoms with van der Waals surface area (Å²) in [7, 11) is 0. The van der Waals surface area contributed by atoms with Gasteiger partial charge in [0, 0.05) is 12.0 Å². The third-order valence-corrected chi connectivity index (χ3v) is 2.19. The van der Waals surface area contributed by atoms with Gasteiger partial charge in [-0.2, -0.15) is 0 Å². The third-order valence-electron chi connectivity index (χ3n) is 2.19. The first-order valence-electron chi connectivity index (χ1n) is 4.97. The predicted molar refractivity (Wildman–Crippen MR) is 62.6 cm³/mol. The van der Waals surface area contributed by atoms with Gasteiger partial charge >= 0.3 is 5.69 Å². The summed E-state index contributed by atoms with van der Waals surface area (Å²) in [4.78, 5) is 10.3. The smallest absolute Gasteiger partial charge is 0.310 e. The van der Waals surface area contributed by atoms with E-state index in [-0.39, 0.29) is 17.4 Å². The minimum atomic E-state index is -0.458. The fourth-order valence-corrected chi connectivity index (χ4v) is 1.32. The van der Waals surface area contributed by atoms with Gasteiger partial charge in [0.05, 0.1) is 11.5 Å². The molecule has 0 aliphatic rings. The molecule has 0 saturated heterocycles. The van der Waals surface area contributed by atoms with Crippen LogP contribution >= 0.6 is 0 Å². The molecule has 0 aromatic heterocycles. The number of hydrogen-bond donors (Lipinski definition) is 0. The molecular formula is C12H14NO3. The molecule has 0 aliphatic carbocycles. The lowest BCUT2D eigenvalue weighted by atomic mass is 10.0. The zero-order valence-corrected chi connectivity index (χ0v) is 9.18. The van der Waals surface area contributed by atoms with Crippen LogP contribution in [0.5, 0.6) is 5.75 Å². The maximum Gasteiger partial charge on any atom is 0.310 e. The quantitative estimate of drug-likeness (QED) is 0.435. The van der Waals surface area contributed by atoms with Crippen LogP contribution in [0.15, 0.2) is 30.9 Å². The summed E-state index contributed by atoms with van der Waals surface area (Å²) in [6.45, 7) is 9.66. The predicted octanol–water partition coefficient (Wildman–Crippen LogP) is 3.10. The Morgan fingerprint density at radius 3 is 2.81 bits per heavy atom. The zero-order chi connectivity index (χ0) is 12.1. The minimum absolute atomic E-state index is 0.0261. The molecule has 0 aliphatic heterocycles. The van der Waals surface area contributed by atoms with Crippen LogP contribution in [0.25, 0.3) is 0 Å². The van der Waals surface area contributed by atoms with Crippen LogP contribution in [0, 0.1) is 17.0 Å². The van der Waals surface area contributed by atoms with Crippen molar-refractivity contribution in [2.45, 2.75) is 12.8 Å². The Labute approximate surface area is 94.7 Å². The van der Waals surface area contributed by atoms with Crippen LogP contribution in [0.2, 0.25) is 0 Å². The fourth-order valence-electron chi connectivity index (χ4n) is 1.32. The molecule has 4 heteroatoms. The Balaban J connectivity index is 3.16. The van der Waals surface area contributed by atoms with E-state index in [0.717, 1.165) is 5.56 Å². The molecule has 1 aromatic rings. The Morgan fingerprint density at radius 2 is 2.31 bits per heavy atom. The third kappa shape index (κ3) is 2.59. The molecule has 0 fully saturated rings. The average Bonchev–Trinajstić information content (AvgIpc) is 2.28. The topological polar surface area (TPSA) is 52.4 Å². The molecule has 85 valence electrons. The molecule has 0 heterocycles. The molecule has 1 unspecified atom stereocenters. The second kappa shape index (κ2) is 5.30. The molecule has 4 nitrogen and oxygen atoms in total. The van der Waals surface area contributed by atoms with Crippen molar-refractivity contribution < 1.29 is 9.66 Å². The summed E-state index contributed by atoms with van der Waals surface area (Å²) in [6, 6.07) is 4.74. The van der Waals surface area contributed by atoms with E-state index in [4.69, 9.17) is 4.74 Å². The van der Waals surface area contributed by atoms with Crippen LogP contribution < -0.4 is 4.74 Å². The molecule has 16 heavy (non-hydrogen) atoms. The lowest BCUT2D eigenvalue weighted by molar-refractivity contribution is -0.385. The number of rotatable bonds is 5. The van der Waals surface area contributed by atoms with Crippen molar-refractivity contribution in [1.82, 2.24) is 0 Å². The number of hydrogen-bond acceptors (Lipinski definition) is 3. The summed E-state index contributed by atoms with van der Waals surface area (Å²) in [5.41, 5.74) is 0.825. The lowest BCUT2D eigenvalue weighted by Crippen LogP contribution is -1.99. The average molecular weight is 220 g/mol. The standard InChI is InChI=1S/C12H14NO3/c1-4-9(3)10-6-7-11(13(14)15)12(8-10)16-5-2/h4,6-9H,1,3,5H2,2H3. The van der Waals surface area contributed by atoms with Gasteiger partial charge in [0.25, 0.3) is 0 Å². The largest absolute Gasteiger partial charge is 0.487 e. The van der Waals surface area contributed by atoms with Crippen molar-refractivity contribution in [2.24, 2.45) is 0 Å². The highest BCUT2D eigenvalue weighted by molar-refractivity contribution is 5.49. The van der Waals surface area contributed by atoms with Gasteiger partial charge in [-0.3, -0.25) is 10.1 Å². The Kier molecular flexibility index (Phi) is 4.05. The van der Waals surface area contributed by atoms with E-state index in [1.165, 1.54) is 6.07 Å². The molecular weight excluding hydrogens is 206 g/mol. The Hall–Kier alpha value is -1.84. The first-order chi connectivity index (χ1) is 7.60. The Bertz CT molecular complexity index is 401. The van der Waals surface area contributed by atoms with E-state index in [9.17, 15) is 10.1 Å². The SMILES string of the molecule is [CH2]C(C=C)c1ccc([N+](=O)[O-])c(OCC)c1. The monoisotopic (exact) mass is 220 g/mol. The zero-order valence-electron chi connectivity index (χ0n) is 9.18. The number of nitro groups is 1. The molecule has 0 saturated carbocycles. The van der Waals surface area contributed by atoms with Gasteiger partial charge in [0.15, 0.2) is 5.75 Å². The minimum Gasteiger partial charge on any atom is -0.487 e. The van der Waals surface area contributed by atoms with Crippen LogP contribution in [0.1, 0.15) is 18.4 Å². The van der Waals surface area contributed by atoms with Gasteiger partial charge in [-0.1, -0.05) is 12.1 Å². The van der Waals surface area contributed by atoms with E-state index >= 15 is 0 Å². The van der Waals surface area contributed by atoms with Crippen molar-refractivity contribution in [3.63, 3.8) is 0 Å². The number of allylic oxidation sites excluding steroid dienone is 1. The molecule has 0 spiro atoms. The second-order valence-electron chi connectivity index (χ2n) is 3.26. The summed E-state index contributed by atoms with van der Waals surface area (Å²) in [5, 5.41) is 10.7. The number of nitrogens with zero attached hydrogens (tertiary/aromatic N) is 1. The lowest BCUT2D eigenvalue weighted by Gasteiger charge is -2.09. The molecule has 0 N–H and O–H groups in total. The molecule has 1 rings (SSSR count). The van der Waals surface area contributed by atoms with Gasteiger partial charge in [0.1, 0.15) is 0 Å². The highest BCUT2D eigenvalue weighted by atomic mass is 16.6. The van der Waals surface area contributed by atoms with E-state index in [1.807, 2.05) is 0 Å². The van der Waals surface area contributed by atoms with Crippen LogP contribution in [0.4, 0.5) is 5.69 Å². The van der Waals surface area contributed by atoms with E-state index < -0.39 is 4.92 Å². The highest BCUT2D eigenvalue weighted by Gasteiger charge is 2.16. The summed E-state index contributed by atoms with van der Waals surface area (Å²) in [6.07, 6.45) is 1.68. The maximum absolute atomic E-state index is 10.7. The van der Waals surface area contributed by atoms with E-state index in [2.05, 4.69) is 13.5 Å². The molecule has 1 aromatic carbocycles. The van der Waals surface area contributed by atoms with E-state index in [0.29, 0.717) is 6.61 Å². The molecule has 0 amide bonds. The van der Waals surface area contributed by atoms with Gasteiger partial charge in [-0.25, -0.2) is 0 Å². The molecule has 1 atom stereocenters. The van der Waals surface area contributed by atoms with Gasteiger partial charge in [-0.15, -0.1) is 6.58 Å². The maximum atomic E-state index is 10.7. The first-order valence-corrected chi connectivity index (χ1v) is 4.97. The van der Waals surface area contributed by atoms with Gasteiger partial charge < -0.3 is 4.74 Å². The van der Waals surface area contributed by atoms with Crippen LogP contribution in [-0.4, -0.2) is 11.5 Å². The highest BCUT2D eigenvalue weighted by Crippen LogP contribution is 2.30. The summed E-state index contributed by atoms with van der Waals surface area (Å²) >= 11 is 0. The normalized spacial score (nSPS) is 11.9. The summed E-state index contributed by atoms with van der Waals surface area (Å²) < 4.78 is 5.23. The number of ether oxygens (including phenoxy) is 1. The number of nitro benzene ring substituents is 1. The second-order valence-corrected chi connectivity index (χ2v) is 3.26. The van der Waals surface area contributed by atoms with Crippen molar-refractivity contribution in [3.8, 4) is 5.75 Å². The van der Waals surface area contributed by atoms with E-state index in [1.54, 1.807) is 25.1 Å². The number of benzene rings is 1. The van der Waals surface area contributed by atoms with Crippen molar-refractivity contribution in [2.75, 3.05) is 6.61 Å². The van der Waals surface area contributed by atoms with Crippen molar-refractivity contribution >= 4 is 5.69 Å². The molecule has 1 radical (unpaired) electrons. The van der Waals surface area contributed by atoms with Gasteiger partial charge in [0.2, 0.25) is 0 Å². The fraction of sp³-hybridized carbons (Fsp3) is 0.250. The van der Waals surface area contributed by atoms with Crippen molar-refractivity contribution in [1.29, 1.82) is 0 Å². The van der Waals surface area contributed by atoms with Crippen molar-refractivity contribution in [3.05, 3.63) is 53.5 Å². The molecule has 0 bridgehead atoms. The van der Waals surface area contributed by atoms with Crippen LogP contribution in [-0.2, 0) is 0 Å². The van der Waals surface area contributed by atoms with Crippen LogP contribution in [0.3, 0.4) is 0 Å². The first kappa shape index (κ1) is 12.2. The Morgan fingerprint density at radius 1 is 1.62 bits per heavy atom. The summed E-state index contributed by atoms with van der Waals surface area (Å²) in [5.74, 6) is 0.181.